The summed E-state index contributed by atoms with van der Waals surface area (Å²) >= 11 is 1.81. The minimum absolute atomic E-state index is 0.289. The molecule has 0 saturated carbocycles. The van der Waals surface area contributed by atoms with Crippen LogP contribution in [0.1, 0.15) is 23.6 Å². The number of aromatic nitrogens is 1. The Morgan fingerprint density at radius 1 is 0.829 bits per heavy atom. The number of hydrogen-bond acceptors (Lipinski definition) is 9. The number of nitrogens with zero attached hydrogens (tertiary/aromatic N) is 3. The van der Waals surface area contributed by atoms with Crippen molar-refractivity contribution in [1.82, 2.24) is 14.8 Å². The zero-order chi connectivity index (χ0) is 30.2. The summed E-state index contributed by atoms with van der Waals surface area (Å²) in [4.78, 5) is 49.3. The highest BCUT2D eigenvalue weighted by molar-refractivity contribution is 7.99. The van der Waals surface area contributed by atoms with Crippen LogP contribution in [0.25, 0.3) is 0 Å². The van der Waals surface area contributed by atoms with Crippen molar-refractivity contribution in [2.24, 2.45) is 0 Å². The number of hydrogen-bond donors (Lipinski definition) is 5. The van der Waals surface area contributed by atoms with Crippen LogP contribution in [0.2, 0.25) is 0 Å². The Hall–Kier alpha value is -4.04. The third-order valence-electron chi connectivity index (χ3n) is 5.96. The molecule has 1 fully saturated rings. The van der Waals surface area contributed by atoms with Crippen LogP contribution in [0.3, 0.4) is 0 Å². The molecule has 2 aliphatic heterocycles. The summed E-state index contributed by atoms with van der Waals surface area (Å²) < 4.78 is 0. The topological polar surface area (TPSA) is 189 Å². The lowest BCUT2D eigenvalue weighted by Crippen LogP contribution is -2.48. The Morgan fingerprint density at radius 3 is 1.93 bits per heavy atom. The number of rotatable bonds is 8. The summed E-state index contributed by atoms with van der Waals surface area (Å²) in [7, 11) is 0. The van der Waals surface area contributed by atoms with Crippen LogP contribution in [0.5, 0.6) is 0 Å². The summed E-state index contributed by atoms with van der Waals surface area (Å²) in [5.41, 5.74) is 2.80. The number of benzene rings is 1. The van der Waals surface area contributed by atoms with E-state index in [-0.39, 0.29) is 6.61 Å². The van der Waals surface area contributed by atoms with Gasteiger partial charge in [0.15, 0.2) is 0 Å². The first-order valence-corrected chi connectivity index (χ1v) is 13.5. The average Bonchev–Trinajstić information content (AvgIpc) is 3.12. The maximum Gasteiger partial charge on any atom is 0.328 e. The van der Waals surface area contributed by atoms with E-state index in [0.29, 0.717) is 30.3 Å². The van der Waals surface area contributed by atoms with E-state index in [1.54, 1.807) is 11.8 Å². The Morgan fingerprint density at radius 2 is 1.39 bits per heavy atom. The van der Waals surface area contributed by atoms with Crippen molar-refractivity contribution in [3.63, 3.8) is 0 Å². The quantitative estimate of drug-likeness (QED) is 0.283. The van der Waals surface area contributed by atoms with Gasteiger partial charge < -0.3 is 30.4 Å². The number of carbonyl (C=O) groups is 4. The van der Waals surface area contributed by atoms with Crippen LogP contribution >= 0.6 is 11.8 Å². The Balaban J connectivity index is 0.000000304. The number of fused-ring (bicyclic) bond motifs is 2. The molecule has 1 aromatic heterocycles. The van der Waals surface area contributed by atoms with E-state index >= 15 is 0 Å². The van der Waals surface area contributed by atoms with E-state index < -0.39 is 23.9 Å². The Kier molecular flexibility index (Phi) is 14.2. The summed E-state index contributed by atoms with van der Waals surface area (Å²) in [5, 5.41) is 41.4. The molecule has 1 unspecified atom stereocenters. The Labute approximate surface area is 241 Å². The largest absolute Gasteiger partial charge is 0.478 e. The lowest BCUT2D eigenvalue weighted by molar-refractivity contribution is -0.134. The molecular formula is C28H33N3O9S. The van der Waals surface area contributed by atoms with Gasteiger partial charge in [0.25, 0.3) is 0 Å². The predicted octanol–water partition coefficient (Wildman–Crippen LogP) is 2.25. The standard InChI is InChI=1S/C20H25N3OS.2C4H4O4/c24-14-4-9-22-10-12-23(13-11-22)18-15-16-5-3-8-21-20(16)25-19-7-2-1-6-17(18)19;2*5-3(6)1-2-4(7)8/h1-3,5-8,18,24H,4,9-15H2;2*1-2H,(H,5,6)(H,7,8)/b;2*2-1+. The molecule has 1 atom stereocenters. The molecule has 220 valence electrons. The third-order valence-corrected chi connectivity index (χ3v) is 7.12. The lowest BCUT2D eigenvalue weighted by atomic mass is 9.97. The molecule has 0 bridgehead atoms. The van der Waals surface area contributed by atoms with Gasteiger partial charge in [0.05, 0.1) is 0 Å². The smallest absolute Gasteiger partial charge is 0.328 e. The van der Waals surface area contributed by atoms with Crippen LogP contribution < -0.4 is 0 Å². The number of carboxylic acids is 4. The van der Waals surface area contributed by atoms with Gasteiger partial charge in [-0.15, -0.1) is 0 Å². The summed E-state index contributed by atoms with van der Waals surface area (Å²) in [6.45, 7) is 5.65. The van der Waals surface area contributed by atoms with Gasteiger partial charge in [-0.3, -0.25) is 4.90 Å². The van der Waals surface area contributed by atoms with Gasteiger partial charge >= 0.3 is 23.9 Å². The van der Waals surface area contributed by atoms with E-state index in [0.717, 1.165) is 50.6 Å². The van der Waals surface area contributed by atoms with Crippen LogP contribution in [0.4, 0.5) is 0 Å². The van der Waals surface area contributed by atoms with Crippen molar-refractivity contribution in [2.75, 3.05) is 39.3 Å². The van der Waals surface area contributed by atoms with Crippen LogP contribution in [-0.4, -0.2) is 104 Å². The molecule has 2 aromatic rings. The fourth-order valence-corrected chi connectivity index (χ4v) is 5.22. The van der Waals surface area contributed by atoms with Gasteiger partial charge in [-0.1, -0.05) is 36.0 Å². The SMILES string of the molecule is O=C(O)/C=C/C(=O)O.O=C(O)/C=C/C(=O)O.OCCCN1CCN(C2Cc3cccnc3Sc3ccccc32)CC1. The predicted molar refractivity (Wildman–Crippen MR) is 150 cm³/mol. The first-order valence-electron chi connectivity index (χ1n) is 12.7. The summed E-state index contributed by atoms with van der Waals surface area (Å²) in [6.07, 6.45) is 6.04. The molecule has 0 aliphatic carbocycles. The van der Waals surface area contributed by atoms with E-state index in [4.69, 9.17) is 25.5 Å². The number of aliphatic hydroxyl groups is 1. The van der Waals surface area contributed by atoms with Crippen LogP contribution in [0.15, 0.2) is 76.8 Å². The van der Waals surface area contributed by atoms with Crippen LogP contribution in [0, 0.1) is 0 Å². The minimum atomic E-state index is -1.26. The Bertz CT molecular complexity index is 1180. The minimum Gasteiger partial charge on any atom is -0.478 e. The van der Waals surface area contributed by atoms with Crippen LogP contribution in [-0.2, 0) is 25.6 Å². The zero-order valence-corrected chi connectivity index (χ0v) is 23.0. The summed E-state index contributed by atoms with van der Waals surface area (Å²) in [6, 6.07) is 13.5. The van der Waals surface area contributed by atoms with Gasteiger partial charge in [-0.25, -0.2) is 24.2 Å². The molecule has 1 saturated heterocycles. The van der Waals surface area contributed by atoms with Crippen molar-refractivity contribution >= 4 is 35.6 Å². The molecule has 1 aromatic carbocycles. The summed E-state index contributed by atoms with van der Waals surface area (Å²) in [5.74, 6) is -5.03. The molecule has 41 heavy (non-hydrogen) atoms. The maximum absolute atomic E-state index is 9.55. The number of pyridine rings is 1. The number of piperazine rings is 1. The number of aliphatic hydroxyl groups excluding tert-OH is 1. The van der Waals surface area contributed by atoms with Gasteiger partial charge in [-0.2, -0.15) is 0 Å². The molecule has 0 amide bonds. The molecule has 12 nitrogen and oxygen atoms in total. The molecule has 2 aliphatic rings. The highest BCUT2D eigenvalue weighted by Crippen LogP contribution is 2.41. The van der Waals surface area contributed by atoms with Gasteiger partial charge in [0.1, 0.15) is 5.03 Å². The third kappa shape index (κ3) is 12.3. The van der Waals surface area contributed by atoms with Crippen molar-refractivity contribution < 1.29 is 44.7 Å². The molecular weight excluding hydrogens is 554 g/mol. The number of carboxylic acid groups (broad SMARTS) is 4. The fourth-order valence-electron chi connectivity index (χ4n) is 4.15. The van der Waals surface area contributed by atoms with Crippen molar-refractivity contribution in [3.8, 4) is 0 Å². The van der Waals surface area contributed by atoms with Gasteiger partial charge in [0.2, 0.25) is 0 Å². The van der Waals surface area contributed by atoms with Gasteiger partial charge in [-0.05, 0) is 36.1 Å². The fraction of sp³-hybridized carbons (Fsp3) is 0.321. The second-order valence-electron chi connectivity index (χ2n) is 8.80. The van der Waals surface area contributed by atoms with E-state index in [9.17, 15) is 19.2 Å². The van der Waals surface area contributed by atoms with Crippen molar-refractivity contribution in [1.29, 1.82) is 0 Å². The monoisotopic (exact) mass is 587 g/mol. The van der Waals surface area contributed by atoms with E-state index in [1.807, 2.05) is 6.20 Å². The molecule has 0 radical (unpaired) electrons. The number of aliphatic carboxylic acids is 4. The first kappa shape index (κ1) is 33.2. The second-order valence-corrected chi connectivity index (χ2v) is 9.83. The van der Waals surface area contributed by atoms with E-state index in [1.165, 1.54) is 16.0 Å². The van der Waals surface area contributed by atoms with Crippen molar-refractivity contribution in [3.05, 3.63) is 78.0 Å². The average molecular weight is 588 g/mol. The maximum atomic E-state index is 9.55. The highest BCUT2D eigenvalue weighted by Gasteiger charge is 2.30. The first-order chi connectivity index (χ1) is 19.6. The van der Waals surface area contributed by atoms with Gasteiger partial charge in [0, 0.05) is 80.8 Å². The molecule has 0 spiro atoms. The highest BCUT2D eigenvalue weighted by atomic mass is 32.2. The van der Waals surface area contributed by atoms with Crippen molar-refractivity contribution in [2.45, 2.75) is 28.8 Å². The second kappa shape index (κ2) is 17.6. The molecule has 5 N–H and O–H groups in total. The normalized spacial score (nSPS) is 16.8. The lowest BCUT2D eigenvalue weighted by Gasteiger charge is -2.39. The zero-order valence-electron chi connectivity index (χ0n) is 22.2. The molecule has 3 heterocycles. The molecule has 4 rings (SSSR count). The molecule has 13 heteroatoms. The van der Waals surface area contributed by atoms with E-state index in [2.05, 4.69) is 51.2 Å².